The van der Waals surface area contributed by atoms with Gasteiger partial charge in [0.15, 0.2) is 5.82 Å². The van der Waals surface area contributed by atoms with Crippen molar-refractivity contribution in [2.75, 3.05) is 31.1 Å². The van der Waals surface area contributed by atoms with Gasteiger partial charge in [0.05, 0.1) is 5.69 Å². The van der Waals surface area contributed by atoms with Gasteiger partial charge in [-0.3, -0.25) is 0 Å². The van der Waals surface area contributed by atoms with E-state index in [1.165, 1.54) is 10.6 Å². The number of benzene rings is 1. The Bertz CT molecular complexity index is 1140. The van der Waals surface area contributed by atoms with E-state index < -0.39 is 26.6 Å². The summed E-state index contributed by atoms with van der Waals surface area (Å²) in [5.41, 5.74) is 0.858. The highest BCUT2D eigenvalue weighted by atomic mass is 32.2. The first-order chi connectivity index (χ1) is 13.8. The fourth-order valence-electron chi connectivity index (χ4n) is 3.16. The first kappa shape index (κ1) is 19.4. The van der Waals surface area contributed by atoms with Crippen LogP contribution in [0.4, 0.5) is 14.6 Å². The average molecular weight is 420 g/mol. The molecule has 1 saturated heterocycles. The highest BCUT2D eigenvalue weighted by Crippen LogP contribution is 2.23. The van der Waals surface area contributed by atoms with Crippen LogP contribution in [0.5, 0.6) is 0 Å². The van der Waals surface area contributed by atoms with Gasteiger partial charge in [-0.15, -0.1) is 0 Å². The number of rotatable bonds is 4. The first-order valence-corrected chi connectivity index (χ1v) is 10.3. The largest absolute Gasteiger partial charge is 0.354 e. The van der Waals surface area contributed by atoms with E-state index in [-0.39, 0.29) is 13.1 Å². The van der Waals surface area contributed by atoms with Crippen molar-refractivity contribution in [2.45, 2.75) is 11.8 Å². The second-order valence-electron chi connectivity index (χ2n) is 6.60. The molecule has 0 saturated carbocycles. The minimum atomic E-state index is -4.05. The van der Waals surface area contributed by atoms with Gasteiger partial charge in [0.2, 0.25) is 10.0 Å². The Hall–Kier alpha value is -2.92. The SMILES string of the molecule is Cc1ccn(-c2cc(N3CCN(S(=O)(=O)c4ccc(F)cc4F)CC3)ncn2)n1. The van der Waals surface area contributed by atoms with Gasteiger partial charge in [-0.2, -0.15) is 9.40 Å². The molecule has 1 aliphatic rings. The van der Waals surface area contributed by atoms with E-state index in [0.29, 0.717) is 30.8 Å². The standard InChI is InChI=1S/C18H18F2N6O2S/c1-13-4-5-26(23-13)18-11-17(21-12-22-18)24-6-8-25(9-7-24)29(27,28)16-3-2-14(19)10-15(16)20/h2-5,10-12H,6-9H2,1H3. The maximum absolute atomic E-state index is 14.0. The van der Waals surface area contributed by atoms with Crippen LogP contribution in [-0.4, -0.2) is 58.7 Å². The van der Waals surface area contributed by atoms with Crippen molar-refractivity contribution < 1.29 is 17.2 Å². The normalized spacial score (nSPS) is 15.6. The zero-order valence-electron chi connectivity index (χ0n) is 15.5. The molecule has 0 amide bonds. The summed E-state index contributed by atoms with van der Waals surface area (Å²) in [6, 6.07) is 6.10. The van der Waals surface area contributed by atoms with Gasteiger partial charge in [-0.25, -0.2) is 31.8 Å². The van der Waals surface area contributed by atoms with Gasteiger partial charge in [-0.05, 0) is 25.1 Å². The van der Waals surface area contributed by atoms with Gasteiger partial charge in [0.25, 0.3) is 0 Å². The number of piperazine rings is 1. The van der Waals surface area contributed by atoms with Crippen molar-refractivity contribution in [3.05, 3.63) is 60.2 Å². The monoisotopic (exact) mass is 420 g/mol. The van der Waals surface area contributed by atoms with Crippen LogP contribution in [0.15, 0.2) is 47.8 Å². The number of hydrogen-bond donors (Lipinski definition) is 0. The molecule has 29 heavy (non-hydrogen) atoms. The van der Waals surface area contributed by atoms with Gasteiger partial charge in [-0.1, -0.05) is 0 Å². The second-order valence-corrected chi connectivity index (χ2v) is 8.51. The highest BCUT2D eigenvalue weighted by molar-refractivity contribution is 7.89. The smallest absolute Gasteiger partial charge is 0.246 e. The van der Waals surface area contributed by atoms with E-state index in [1.807, 2.05) is 17.9 Å². The minimum absolute atomic E-state index is 0.152. The quantitative estimate of drug-likeness (QED) is 0.640. The molecule has 0 bridgehead atoms. The molecule has 2 aromatic heterocycles. The molecular formula is C18H18F2N6O2S. The number of aryl methyl sites for hydroxylation is 1. The summed E-state index contributed by atoms with van der Waals surface area (Å²) < 4.78 is 55.3. The predicted molar refractivity (Wildman–Crippen MR) is 101 cm³/mol. The molecule has 152 valence electrons. The highest BCUT2D eigenvalue weighted by Gasteiger charge is 2.31. The number of aromatic nitrogens is 4. The van der Waals surface area contributed by atoms with Crippen molar-refractivity contribution in [3.63, 3.8) is 0 Å². The van der Waals surface area contributed by atoms with Gasteiger partial charge >= 0.3 is 0 Å². The van der Waals surface area contributed by atoms with E-state index in [1.54, 1.807) is 16.9 Å². The Morgan fingerprint density at radius 1 is 0.966 bits per heavy atom. The van der Waals surface area contributed by atoms with Crippen molar-refractivity contribution in [3.8, 4) is 5.82 Å². The third-order valence-corrected chi connectivity index (χ3v) is 6.60. The Labute approximate surface area is 166 Å². The molecular weight excluding hydrogens is 402 g/mol. The van der Waals surface area contributed by atoms with Crippen molar-refractivity contribution in [1.82, 2.24) is 24.1 Å². The van der Waals surface area contributed by atoms with Crippen LogP contribution < -0.4 is 4.90 Å². The van der Waals surface area contributed by atoms with E-state index in [9.17, 15) is 17.2 Å². The molecule has 8 nitrogen and oxygen atoms in total. The number of sulfonamides is 1. The molecule has 0 aliphatic carbocycles. The molecule has 0 N–H and O–H groups in total. The summed E-state index contributed by atoms with van der Waals surface area (Å²) in [7, 11) is -4.05. The summed E-state index contributed by atoms with van der Waals surface area (Å²) in [5, 5.41) is 4.32. The van der Waals surface area contributed by atoms with E-state index in [4.69, 9.17) is 0 Å². The maximum atomic E-state index is 14.0. The number of hydrogen-bond acceptors (Lipinski definition) is 6. The molecule has 11 heteroatoms. The van der Waals surface area contributed by atoms with Crippen molar-refractivity contribution >= 4 is 15.8 Å². The van der Waals surface area contributed by atoms with Gasteiger partial charge in [0.1, 0.15) is 28.7 Å². The summed E-state index contributed by atoms with van der Waals surface area (Å²) in [6.07, 6.45) is 3.22. The predicted octanol–water partition coefficient (Wildman–Crippen LogP) is 1.76. The van der Waals surface area contributed by atoms with Crippen LogP contribution in [0.3, 0.4) is 0 Å². The average Bonchev–Trinajstić information content (AvgIpc) is 3.14. The summed E-state index contributed by atoms with van der Waals surface area (Å²) in [5.74, 6) is -0.666. The topological polar surface area (TPSA) is 84.2 Å². The number of anilines is 1. The Kier molecular flexibility index (Phi) is 5.01. The molecule has 0 radical (unpaired) electrons. The third-order valence-electron chi connectivity index (χ3n) is 4.67. The number of nitrogens with zero attached hydrogens (tertiary/aromatic N) is 6. The first-order valence-electron chi connectivity index (χ1n) is 8.89. The zero-order chi connectivity index (χ0) is 20.6. The number of halogens is 2. The van der Waals surface area contributed by atoms with Crippen LogP contribution in [0.1, 0.15) is 5.69 Å². The fourth-order valence-corrected chi connectivity index (χ4v) is 4.63. The Balaban J connectivity index is 1.50. The second kappa shape index (κ2) is 7.48. The maximum Gasteiger partial charge on any atom is 0.246 e. The lowest BCUT2D eigenvalue weighted by molar-refractivity contribution is 0.381. The van der Waals surface area contributed by atoms with E-state index >= 15 is 0 Å². The lowest BCUT2D eigenvalue weighted by Crippen LogP contribution is -2.49. The molecule has 1 aromatic carbocycles. The summed E-state index contributed by atoms with van der Waals surface area (Å²) in [6.45, 7) is 2.92. The van der Waals surface area contributed by atoms with E-state index in [2.05, 4.69) is 15.1 Å². The van der Waals surface area contributed by atoms with Crippen LogP contribution in [0.25, 0.3) is 5.82 Å². The van der Waals surface area contributed by atoms with Crippen LogP contribution in [0, 0.1) is 18.6 Å². The Morgan fingerprint density at radius 2 is 1.69 bits per heavy atom. The van der Waals surface area contributed by atoms with Crippen molar-refractivity contribution in [1.29, 1.82) is 0 Å². The summed E-state index contributed by atoms with van der Waals surface area (Å²) >= 11 is 0. The van der Waals surface area contributed by atoms with Crippen LogP contribution in [-0.2, 0) is 10.0 Å². The summed E-state index contributed by atoms with van der Waals surface area (Å²) in [4.78, 5) is 9.88. The van der Waals surface area contributed by atoms with Crippen LogP contribution in [0.2, 0.25) is 0 Å². The van der Waals surface area contributed by atoms with Gasteiger partial charge in [0, 0.05) is 44.5 Å². The lowest BCUT2D eigenvalue weighted by atomic mass is 10.3. The molecule has 1 fully saturated rings. The molecule has 0 unspecified atom stereocenters. The molecule has 4 rings (SSSR count). The van der Waals surface area contributed by atoms with Crippen molar-refractivity contribution in [2.24, 2.45) is 0 Å². The lowest BCUT2D eigenvalue weighted by Gasteiger charge is -2.34. The zero-order valence-corrected chi connectivity index (χ0v) is 16.4. The van der Waals surface area contributed by atoms with Gasteiger partial charge < -0.3 is 4.90 Å². The van der Waals surface area contributed by atoms with Crippen LogP contribution >= 0.6 is 0 Å². The molecule has 3 heterocycles. The molecule has 0 spiro atoms. The van der Waals surface area contributed by atoms with E-state index in [0.717, 1.165) is 17.8 Å². The molecule has 1 aliphatic heterocycles. The Morgan fingerprint density at radius 3 is 2.34 bits per heavy atom. The fraction of sp³-hybridized carbons (Fsp3) is 0.278. The third kappa shape index (κ3) is 3.83. The molecule has 0 atom stereocenters. The molecule has 3 aromatic rings. The minimum Gasteiger partial charge on any atom is -0.354 e.